The summed E-state index contributed by atoms with van der Waals surface area (Å²) in [5.74, 6) is 0.648. The molecule has 0 unspecified atom stereocenters. The number of aliphatic hydroxyl groups excluding tert-OH is 1. The summed E-state index contributed by atoms with van der Waals surface area (Å²) in [7, 11) is 0. The Balaban J connectivity index is 1.99. The second-order valence-electron chi connectivity index (χ2n) is 4.11. The van der Waals surface area contributed by atoms with Gasteiger partial charge in [-0.1, -0.05) is 6.92 Å². The van der Waals surface area contributed by atoms with Crippen molar-refractivity contribution in [2.24, 2.45) is 5.41 Å². The van der Waals surface area contributed by atoms with Crippen molar-refractivity contribution in [2.45, 2.75) is 19.6 Å². The molecule has 2 heterocycles. The van der Waals surface area contributed by atoms with E-state index in [0.717, 1.165) is 6.42 Å². The number of ether oxygens (including phenoxy) is 2. The van der Waals surface area contributed by atoms with Crippen molar-refractivity contribution >= 4 is 15.9 Å². The lowest BCUT2D eigenvalue weighted by Crippen LogP contribution is -2.41. The van der Waals surface area contributed by atoms with Gasteiger partial charge in [0.25, 0.3) is 0 Å². The van der Waals surface area contributed by atoms with Crippen LogP contribution in [0.1, 0.15) is 25.4 Å². The first-order valence-corrected chi connectivity index (χ1v) is 6.08. The van der Waals surface area contributed by atoms with Gasteiger partial charge >= 0.3 is 0 Å². The number of aliphatic hydroxyl groups is 1. The molecule has 90 valence electrons. The van der Waals surface area contributed by atoms with Crippen molar-refractivity contribution in [3.05, 3.63) is 22.6 Å². The molecule has 1 fully saturated rings. The molecule has 16 heavy (non-hydrogen) atoms. The summed E-state index contributed by atoms with van der Waals surface area (Å²) in [5, 5.41) is 9.31. The maximum absolute atomic E-state index is 9.31. The van der Waals surface area contributed by atoms with Crippen molar-refractivity contribution in [1.82, 2.24) is 0 Å². The summed E-state index contributed by atoms with van der Waals surface area (Å²) in [6.45, 7) is 3.08. The molecule has 2 rings (SSSR count). The van der Waals surface area contributed by atoms with Gasteiger partial charge < -0.3 is 19.0 Å². The Morgan fingerprint density at radius 2 is 2.12 bits per heavy atom. The molecule has 0 radical (unpaired) electrons. The molecule has 1 aliphatic rings. The van der Waals surface area contributed by atoms with Gasteiger partial charge in [-0.15, -0.1) is 0 Å². The van der Waals surface area contributed by atoms with Crippen molar-refractivity contribution in [2.75, 3.05) is 19.8 Å². The third kappa shape index (κ3) is 2.32. The highest BCUT2D eigenvalue weighted by molar-refractivity contribution is 9.10. The zero-order valence-electron chi connectivity index (χ0n) is 9.11. The molecule has 0 atom stereocenters. The maximum atomic E-state index is 9.31. The van der Waals surface area contributed by atoms with Crippen molar-refractivity contribution in [3.63, 3.8) is 0 Å². The minimum atomic E-state index is -0.461. The normalized spacial score (nSPS) is 30.6. The molecule has 1 N–H and O–H groups in total. The van der Waals surface area contributed by atoms with Crippen LogP contribution in [0.2, 0.25) is 0 Å². The van der Waals surface area contributed by atoms with E-state index in [-0.39, 0.29) is 12.0 Å². The van der Waals surface area contributed by atoms with E-state index in [1.807, 2.05) is 13.0 Å². The van der Waals surface area contributed by atoms with E-state index >= 15 is 0 Å². The number of halogens is 1. The molecule has 1 aliphatic heterocycles. The average Bonchev–Trinajstić information content (AvgIpc) is 2.76. The Kier molecular flexibility index (Phi) is 3.69. The van der Waals surface area contributed by atoms with Crippen LogP contribution >= 0.6 is 15.9 Å². The third-order valence-corrected chi connectivity index (χ3v) is 3.42. The summed E-state index contributed by atoms with van der Waals surface area (Å²) < 4.78 is 17.2. The Bertz CT molecular complexity index is 336. The highest BCUT2D eigenvalue weighted by atomic mass is 79.9. The molecule has 1 aromatic heterocycles. The summed E-state index contributed by atoms with van der Waals surface area (Å²) >= 11 is 3.23. The lowest BCUT2D eigenvalue weighted by Gasteiger charge is -2.37. The largest absolute Gasteiger partial charge is 0.449 e. The first-order chi connectivity index (χ1) is 7.69. The smallest absolute Gasteiger partial charge is 0.217 e. The Hall–Kier alpha value is -0.360. The fraction of sp³-hybridized carbons (Fsp3) is 0.636. The molecule has 0 aliphatic carbocycles. The van der Waals surface area contributed by atoms with Crippen molar-refractivity contribution in [1.29, 1.82) is 0 Å². The summed E-state index contributed by atoms with van der Waals surface area (Å²) in [6, 6.07) is 3.61. The minimum Gasteiger partial charge on any atom is -0.449 e. The molecule has 5 heteroatoms. The van der Waals surface area contributed by atoms with Gasteiger partial charge in [0.05, 0.1) is 19.8 Å². The quantitative estimate of drug-likeness (QED) is 0.929. The first-order valence-electron chi connectivity index (χ1n) is 5.28. The van der Waals surface area contributed by atoms with Gasteiger partial charge in [0, 0.05) is 5.41 Å². The number of hydrogen-bond donors (Lipinski definition) is 1. The standard InChI is InChI=1S/C11H15BrO4/c1-2-11(5-13)6-14-10(15-7-11)8-3-4-9(12)16-8/h3-4,10,13H,2,5-7H2,1H3. The van der Waals surface area contributed by atoms with Crippen LogP contribution in [0.25, 0.3) is 0 Å². The van der Waals surface area contributed by atoms with Gasteiger partial charge in [0.15, 0.2) is 10.4 Å². The van der Waals surface area contributed by atoms with Gasteiger partial charge in [0.2, 0.25) is 6.29 Å². The number of furan rings is 1. The fourth-order valence-corrected chi connectivity index (χ4v) is 1.94. The molecule has 0 aromatic carbocycles. The molecule has 0 amide bonds. The molecule has 0 spiro atoms. The van der Waals surface area contributed by atoms with E-state index in [1.165, 1.54) is 0 Å². The molecule has 1 saturated heterocycles. The van der Waals surface area contributed by atoms with Crippen LogP contribution < -0.4 is 0 Å². The van der Waals surface area contributed by atoms with E-state index in [4.69, 9.17) is 13.9 Å². The maximum Gasteiger partial charge on any atom is 0.217 e. The topological polar surface area (TPSA) is 51.8 Å². The highest BCUT2D eigenvalue weighted by Gasteiger charge is 2.36. The first kappa shape index (κ1) is 12.1. The Morgan fingerprint density at radius 3 is 2.56 bits per heavy atom. The molecule has 1 aromatic rings. The third-order valence-electron chi connectivity index (χ3n) is 2.99. The van der Waals surface area contributed by atoms with Crippen LogP contribution in [0, 0.1) is 5.41 Å². The zero-order chi connectivity index (χ0) is 11.6. The van der Waals surface area contributed by atoms with Crippen LogP contribution in [-0.4, -0.2) is 24.9 Å². The molecule has 0 saturated carbocycles. The predicted octanol–water partition coefficient (Wildman–Crippen LogP) is 2.48. The number of hydrogen-bond acceptors (Lipinski definition) is 4. The van der Waals surface area contributed by atoms with E-state index in [2.05, 4.69) is 15.9 Å². The minimum absolute atomic E-state index is 0.0814. The SMILES string of the molecule is CCC1(CO)COC(c2ccc(Br)o2)OC1. The summed E-state index contributed by atoms with van der Waals surface area (Å²) in [5.41, 5.74) is -0.264. The monoisotopic (exact) mass is 290 g/mol. The van der Waals surface area contributed by atoms with Crippen molar-refractivity contribution < 1.29 is 19.0 Å². The Labute approximate surface area is 103 Å². The van der Waals surface area contributed by atoms with Gasteiger partial charge in [-0.3, -0.25) is 0 Å². The van der Waals surface area contributed by atoms with E-state index in [1.54, 1.807) is 6.07 Å². The summed E-state index contributed by atoms with van der Waals surface area (Å²) in [6.07, 6.45) is 0.371. The Morgan fingerprint density at radius 1 is 1.44 bits per heavy atom. The molecular weight excluding hydrogens is 276 g/mol. The molecule has 4 nitrogen and oxygen atoms in total. The fourth-order valence-electron chi connectivity index (χ4n) is 1.62. The van der Waals surface area contributed by atoms with Gasteiger partial charge in [0.1, 0.15) is 0 Å². The lowest BCUT2D eigenvalue weighted by atomic mass is 9.87. The van der Waals surface area contributed by atoms with Crippen molar-refractivity contribution in [3.8, 4) is 0 Å². The van der Waals surface area contributed by atoms with E-state index in [9.17, 15) is 5.11 Å². The zero-order valence-corrected chi connectivity index (χ0v) is 10.7. The number of rotatable bonds is 3. The van der Waals surface area contributed by atoms with Gasteiger partial charge in [-0.05, 0) is 34.5 Å². The van der Waals surface area contributed by atoms with Crippen LogP contribution in [0.15, 0.2) is 21.2 Å². The summed E-state index contributed by atoms with van der Waals surface area (Å²) in [4.78, 5) is 0. The molecular formula is C11H15BrO4. The van der Waals surface area contributed by atoms with Crippen LogP contribution in [0.5, 0.6) is 0 Å². The molecule has 0 bridgehead atoms. The van der Waals surface area contributed by atoms with Crippen LogP contribution in [0.3, 0.4) is 0 Å². The van der Waals surface area contributed by atoms with Gasteiger partial charge in [-0.2, -0.15) is 0 Å². The van der Waals surface area contributed by atoms with Crippen LogP contribution in [0.4, 0.5) is 0 Å². The second-order valence-corrected chi connectivity index (χ2v) is 4.89. The van der Waals surface area contributed by atoms with Crippen LogP contribution in [-0.2, 0) is 9.47 Å². The van der Waals surface area contributed by atoms with Gasteiger partial charge in [-0.25, -0.2) is 0 Å². The van der Waals surface area contributed by atoms with E-state index in [0.29, 0.717) is 23.6 Å². The lowest BCUT2D eigenvalue weighted by molar-refractivity contribution is -0.248. The second kappa shape index (κ2) is 4.87. The highest BCUT2D eigenvalue weighted by Crippen LogP contribution is 2.34. The average molecular weight is 291 g/mol. The predicted molar refractivity (Wildman–Crippen MR) is 60.9 cm³/mol. The van der Waals surface area contributed by atoms with E-state index < -0.39 is 6.29 Å².